The zero-order valence-electron chi connectivity index (χ0n) is 54.2. The van der Waals surface area contributed by atoms with Crippen molar-refractivity contribution in [2.75, 3.05) is 85.5 Å². The summed E-state index contributed by atoms with van der Waals surface area (Å²) in [6.07, 6.45) is 0.170. The summed E-state index contributed by atoms with van der Waals surface area (Å²) in [5, 5.41) is 41.0. The molecular weight excluding hydrogens is 1260 g/mol. The molecule has 15 atom stereocenters. The zero-order valence-corrected chi connectivity index (χ0v) is 54.2. The van der Waals surface area contributed by atoms with Gasteiger partial charge in [-0.15, -0.1) is 0 Å². The fourth-order valence-corrected chi connectivity index (χ4v) is 13.8. The third-order valence-electron chi connectivity index (χ3n) is 19.7. The first-order valence-corrected chi connectivity index (χ1v) is 33.8. The monoisotopic (exact) mass is 1340 g/mol. The lowest BCUT2D eigenvalue weighted by Gasteiger charge is -2.27. The van der Waals surface area contributed by atoms with Crippen molar-refractivity contribution in [2.24, 2.45) is 29.6 Å². The number of amides is 9. The summed E-state index contributed by atoms with van der Waals surface area (Å²) in [4.78, 5) is 147. The van der Waals surface area contributed by atoms with Gasteiger partial charge < -0.3 is 76.2 Å². The van der Waals surface area contributed by atoms with Crippen molar-refractivity contribution in [3.63, 3.8) is 0 Å². The van der Waals surface area contributed by atoms with E-state index in [1.54, 1.807) is 0 Å². The van der Waals surface area contributed by atoms with Crippen LogP contribution in [0.1, 0.15) is 98.7 Å². The van der Waals surface area contributed by atoms with Gasteiger partial charge in [0.05, 0.1) is 75.4 Å². The molecule has 0 aromatic heterocycles. The molecule has 9 amide bonds. The number of aliphatic hydroxyl groups excluding tert-OH is 1. The first-order valence-electron chi connectivity index (χ1n) is 33.8. The van der Waals surface area contributed by atoms with Crippen molar-refractivity contribution >= 4 is 59.1 Å². The quantitative estimate of drug-likeness (QED) is 0.0608. The van der Waals surface area contributed by atoms with E-state index in [0.29, 0.717) is 25.7 Å². The molecule has 7 aliphatic rings. The maximum absolute atomic E-state index is 15.6. The average Bonchev–Trinajstić information content (AvgIpc) is 1.56. The summed E-state index contributed by atoms with van der Waals surface area (Å²) in [5.74, 6) is -14.0. The molecule has 5 aromatic rings. The van der Waals surface area contributed by atoms with Crippen molar-refractivity contribution in [3.05, 3.63) is 173 Å². The van der Waals surface area contributed by atoms with Crippen molar-refractivity contribution in [3.8, 4) is 5.75 Å². The number of carbonyl (C=O) groups excluding carboxylic acids is 9. The maximum atomic E-state index is 15.6. The second-order valence-corrected chi connectivity index (χ2v) is 26.4. The molecule has 3 unspecified atom stereocenters. The Bertz CT molecular complexity index is 3570. The minimum absolute atomic E-state index is 0.00680. The summed E-state index contributed by atoms with van der Waals surface area (Å²) >= 11 is 0. The van der Waals surface area contributed by atoms with Crippen LogP contribution in [0.2, 0.25) is 0 Å². The Morgan fingerprint density at radius 2 is 0.878 bits per heavy atom. The number of carboxylic acids is 1. The number of hydrogen-bond donors (Lipinski definition) is 9. The molecule has 3 aliphatic heterocycles. The second kappa shape index (κ2) is 31.3. The number of likely N-dealkylation sites (tertiary alicyclic amines) is 2. The highest BCUT2D eigenvalue weighted by Crippen LogP contribution is 2.45. The molecule has 3 heterocycles. The smallest absolute Gasteiger partial charge is 0.310 e. The molecule has 4 saturated carbocycles. The maximum Gasteiger partial charge on any atom is 0.310 e. The lowest BCUT2D eigenvalue weighted by molar-refractivity contribution is -0.151. The number of carbonyl (C=O) groups is 10. The van der Waals surface area contributed by atoms with Gasteiger partial charge in [0.25, 0.3) is 17.7 Å². The Balaban J connectivity index is 0.855. The van der Waals surface area contributed by atoms with Crippen LogP contribution < -0.4 is 42.0 Å². The van der Waals surface area contributed by atoms with Crippen LogP contribution in [0.15, 0.2) is 140 Å². The van der Waals surface area contributed by atoms with Crippen LogP contribution in [0.5, 0.6) is 5.75 Å². The first-order chi connectivity index (χ1) is 47.6. The van der Waals surface area contributed by atoms with Crippen molar-refractivity contribution in [1.29, 1.82) is 0 Å². The van der Waals surface area contributed by atoms with Crippen LogP contribution in [0.3, 0.4) is 0 Å². The molecule has 7 fully saturated rings. The van der Waals surface area contributed by atoms with Crippen LogP contribution in [0.25, 0.3) is 0 Å². The summed E-state index contributed by atoms with van der Waals surface area (Å²) in [6.45, 7) is -2.45. The minimum atomic E-state index is -2.11. The topological polar surface area (TPSA) is 339 Å². The standard InChI is InChI=1S/C73H83N9O16/c83-41-61-69(89)74-24-26-96-28-30-97-29-27-95-25-23-48(73(93)94)64(70(90)75-36-63(84)76-61)98-62-31-46(71(91)81-37-53(65(85)77-57-32-49(57)42-13-5-1-6-14-42)54(38-81)66(86)78-58-33-50(58)43-15-7-2-8-16-43)21-22-47(62)72(92)82-39-55(67(87)79-59-34-51(59)44-17-9-3-10-18-44)56(40-82)68(88)80-60-35-52(60)45-19-11-4-12-20-45/h1-22,31,48-61,64,83H,23-30,32-41H2,(H,74,89)(H,75,90)(H,76,84)(H,77,85)(H,78,86)(H,79,87)(H,80,88)(H,93,94)/t48?,49-,50-,51-,52-,53-,54-,55-,56-,57+,58+,59+,60+,61?,64?/m1/s1. The van der Waals surface area contributed by atoms with Crippen LogP contribution in [-0.4, -0.2) is 201 Å². The van der Waals surface area contributed by atoms with Gasteiger partial charge in [-0.1, -0.05) is 121 Å². The molecule has 12 rings (SSSR count). The lowest BCUT2D eigenvalue weighted by Crippen LogP contribution is -2.53. The number of aliphatic hydroxyl groups is 1. The van der Waals surface area contributed by atoms with Gasteiger partial charge in [-0.2, -0.15) is 0 Å². The van der Waals surface area contributed by atoms with Crippen molar-refractivity contribution in [1.82, 2.24) is 47.0 Å². The Hall–Kier alpha value is -9.56. The van der Waals surface area contributed by atoms with Crippen LogP contribution in [0.4, 0.5) is 0 Å². The summed E-state index contributed by atoms with van der Waals surface area (Å²) in [6, 6.07) is 40.3. The number of nitrogens with one attached hydrogen (secondary N) is 7. The fourth-order valence-electron chi connectivity index (χ4n) is 13.8. The minimum Gasteiger partial charge on any atom is -0.481 e. The first kappa shape index (κ1) is 68.4. The Morgan fingerprint density at radius 1 is 0.480 bits per heavy atom. The highest BCUT2D eigenvalue weighted by Gasteiger charge is 2.52. The molecule has 0 radical (unpaired) electrons. The van der Waals surface area contributed by atoms with E-state index in [9.17, 15) is 48.6 Å². The highest BCUT2D eigenvalue weighted by atomic mass is 16.5. The van der Waals surface area contributed by atoms with E-state index >= 15 is 9.59 Å². The molecule has 25 nitrogen and oxygen atoms in total. The normalized spacial score (nSPS) is 29.0. The summed E-state index contributed by atoms with van der Waals surface area (Å²) < 4.78 is 23.4. The Labute approximate surface area is 566 Å². The molecule has 516 valence electrons. The van der Waals surface area contributed by atoms with Crippen LogP contribution in [0, 0.1) is 29.6 Å². The Kier molecular flexibility index (Phi) is 21.9. The van der Waals surface area contributed by atoms with Gasteiger partial charge in [0, 0.05) is 92.7 Å². The van der Waals surface area contributed by atoms with Gasteiger partial charge in [-0.25, -0.2) is 0 Å². The molecule has 98 heavy (non-hydrogen) atoms. The number of carboxylic acid groups (broad SMARTS) is 1. The molecule has 0 spiro atoms. The SMILES string of the molecule is O=C1CNC(=O)C(Oc2cc(C(=O)N3C[C@@H](C(=O)N[C@H]4C[C@@H]4c4ccccc4)[C@H](C(=O)N[C@H]4C[C@@H]4c4ccccc4)C3)ccc2C(=O)N2C[C@@H](C(=O)N[C@H]3C[C@@H]3c3ccccc3)[C@H](C(=O)N[C@H]3C[C@@H]3c3ccccc3)C2)C(C(=O)O)CCOCCOCCOCCNC(=O)C(CO)N1. The molecule has 5 aromatic carbocycles. The predicted molar refractivity (Wildman–Crippen MR) is 353 cm³/mol. The molecule has 9 N–H and O–H groups in total. The summed E-state index contributed by atoms with van der Waals surface area (Å²) in [7, 11) is 0. The zero-order chi connectivity index (χ0) is 68.4. The number of benzene rings is 5. The molecule has 25 heteroatoms. The van der Waals surface area contributed by atoms with Gasteiger partial charge >= 0.3 is 5.97 Å². The molecule has 0 bridgehead atoms. The fraction of sp³-hybridized carbons (Fsp3) is 0.452. The number of ether oxygens (including phenoxy) is 4. The second-order valence-electron chi connectivity index (χ2n) is 26.4. The van der Waals surface area contributed by atoms with Crippen LogP contribution in [-0.2, 0) is 52.6 Å². The molecular formula is C73H83N9O16. The highest BCUT2D eigenvalue weighted by molar-refractivity contribution is 6.03. The number of rotatable bonds is 18. The molecule has 4 aliphatic carbocycles. The van der Waals surface area contributed by atoms with E-state index in [1.807, 2.05) is 121 Å². The van der Waals surface area contributed by atoms with E-state index in [4.69, 9.17) is 18.9 Å². The van der Waals surface area contributed by atoms with E-state index < -0.39 is 126 Å². The van der Waals surface area contributed by atoms with Crippen molar-refractivity contribution in [2.45, 2.75) is 92.1 Å². The van der Waals surface area contributed by atoms with E-state index in [-0.39, 0.29) is 131 Å². The van der Waals surface area contributed by atoms with Crippen molar-refractivity contribution < 1.29 is 77.1 Å². The van der Waals surface area contributed by atoms with E-state index in [0.717, 1.165) is 22.3 Å². The summed E-state index contributed by atoms with van der Waals surface area (Å²) in [5.41, 5.74) is 3.72. The number of hydrogen-bond acceptors (Lipinski definition) is 15. The predicted octanol–water partition coefficient (Wildman–Crippen LogP) is 2.36. The van der Waals surface area contributed by atoms with E-state index in [1.165, 1.54) is 28.0 Å². The number of nitrogens with zero attached hydrogens (tertiary/aromatic N) is 2. The largest absolute Gasteiger partial charge is 0.481 e. The van der Waals surface area contributed by atoms with E-state index in [2.05, 4.69) is 37.2 Å². The Morgan fingerprint density at radius 3 is 1.29 bits per heavy atom. The number of aliphatic carboxylic acids is 1. The molecule has 3 saturated heterocycles. The third kappa shape index (κ3) is 16.9. The lowest BCUT2D eigenvalue weighted by atomic mass is 9.94. The van der Waals surface area contributed by atoms with Gasteiger partial charge in [0.1, 0.15) is 17.7 Å². The average molecular weight is 1340 g/mol. The third-order valence-corrected chi connectivity index (χ3v) is 19.7. The van der Waals surface area contributed by atoms with Gasteiger partial charge in [-0.3, -0.25) is 47.9 Å². The van der Waals surface area contributed by atoms with Gasteiger partial charge in [0.2, 0.25) is 35.4 Å². The van der Waals surface area contributed by atoms with Gasteiger partial charge in [-0.05, 0) is 72.6 Å². The van der Waals surface area contributed by atoms with Gasteiger partial charge in [0.15, 0.2) is 6.10 Å². The van der Waals surface area contributed by atoms with Crippen LogP contribution >= 0.6 is 0 Å².